The van der Waals surface area contributed by atoms with Gasteiger partial charge in [-0.05, 0) is 30.4 Å². The third kappa shape index (κ3) is 3.19. The van der Waals surface area contributed by atoms with Gasteiger partial charge in [-0.2, -0.15) is 5.10 Å². The molecule has 2 aromatic carbocycles. The third-order valence-electron chi connectivity index (χ3n) is 3.88. The first kappa shape index (κ1) is 13.6. The second-order valence-corrected chi connectivity index (χ2v) is 5.40. The average molecular weight is 278 g/mol. The second-order valence-electron chi connectivity index (χ2n) is 5.40. The van der Waals surface area contributed by atoms with E-state index in [1.54, 1.807) is 0 Å². The Balaban J connectivity index is 1.59. The fourth-order valence-electron chi connectivity index (χ4n) is 2.52. The van der Waals surface area contributed by atoms with Crippen LogP contribution in [0.5, 0.6) is 0 Å². The van der Waals surface area contributed by atoms with E-state index in [0.717, 1.165) is 17.7 Å². The Morgan fingerprint density at radius 3 is 2.33 bits per heavy atom. The van der Waals surface area contributed by atoms with Gasteiger partial charge in [0.1, 0.15) is 0 Å². The molecule has 1 aliphatic carbocycles. The molecule has 1 saturated carbocycles. The van der Waals surface area contributed by atoms with Crippen molar-refractivity contribution >= 4 is 11.6 Å². The number of carbonyl (C=O) groups excluding carboxylic acids is 1. The highest BCUT2D eigenvalue weighted by atomic mass is 16.2. The maximum Gasteiger partial charge on any atom is 0.243 e. The topological polar surface area (TPSA) is 41.5 Å². The number of hydrogen-bond donors (Lipinski definition) is 1. The number of hydrogen-bond acceptors (Lipinski definition) is 2. The van der Waals surface area contributed by atoms with Crippen LogP contribution in [0.15, 0.2) is 65.8 Å². The first-order valence-electron chi connectivity index (χ1n) is 7.20. The minimum Gasteiger partial charge on any atom is -0.273 e. The van der Waals surface area contributed by atoms with Crippen LogP contribution in [0, 0.1) is 5.92 Å². The van der Waals surface area contributed by atoms with Crippen molar-refractivity contribution in [3.8, 4) is 0 Å². The number of nitrogens with one attached hydrogen (secondary N) is 1. The highest BCUT2D eigenvalue weighted by Crippen LogP contribution is 2.47. The minimum atomic E-state index is 0.0131. The number of amides is 1. The minimum absolute atomic E-state index is 0.0131. The maximum absolute atomic E-state index is 12.1. The molecule has 2 unspecified atom stereocenters. The van der Waals surface area contributed by atoms with E-state index < -0.39 is 0 Å². The quantitative estimate of drug-likeness (QED) is 0.676. The van der Waals surface area contributed by atoms with Crippen LogP contribution in [0.2, 0.25) is 0 Å². The Morgan fingerprint density at radius 2 is 1.67 bits per heavy atom. The molecular weight excluding hydrogens is 260 g/mol. The van der Waals surface area contributed by atoms with Crippen molar-refractivity contribution in [2.75, 3.05) is 0 Å². The normalized spacial score (nSPS) is 20.9. The molecule has 2 atom stereocenters. The molecule has 1 aliphatic rings. The van der Waals surface area contributed by atoms with E-state index in [1.165, 1.54) is 5.56 Å². The Kier molecular flexibility index (Phi) is 3.82. The molecule has 0 aromatic heterocycles. The monoisotopic (exact) mass is 278 g/mol. The van der Waals surface area contributed by atoms with Crippen molar-refractivity contribution in [1.82, 2.24) is 5.43 Å². The largest absolute Gasteiger partial charge is 0.273 e. The van der Waals surface area contributed by atoms with Crippen molar-refractivity contribution in [3.05, 3.63) is 71.8 Å². The molecule has 2 aromatic rings. The van der Waals surface area contributed by atoms with E-state index in [1.807, 2.05) is 55.5 Å². The van der Waals surface area contributed by atoms with Gasteiger partial charge in [-0.3, -0.25) is 4.79 Å². The van der Waals surface area contributed by atoms with Crippen molar-refractivity contribution in [1.29, 1.82) is 0 Å². The van der Waals surface area contributed by atoms with Gasteiger partial charge < -0.3 is 0 Å². The Morgan fingerprint density at radius 1 is 1.05 bits per heavy atom. The molecular formula is C18H18N2O. The second kappa shape index (κ2) is 5.92. The Labute approximate surface area is 124 Å². The molecule has 0 aliphatic heterocycles. The molecule has 0 heterocycles. The first-order valence-corrected chi connectivity index (χ1v) is 7.20. The standard InChI is InChI=1S/C18H18N2O/c1-13(14-8-4-2-5-9-14)19-20-18(21)17-12-16(17)15-10-6-3-7-11-15/h2-11,16-17H,12H2,1H3,(H,20,21)/b19-13+. The van der Waals surface area contributed by atoms with Gasteiger partial charge in [0, 0.05) is 5.92 Å². The van der Waals surface area contributed by atoms with Crippen molar-refractivity contribution in [2.24, 2.45) is 11.0 Å². The molecule has 0 saturated heterocycles. The predicted molar refractivity (Wildman–Crippen MR) is 84.1 cm³/mol. The van der Waals surface area contributed by atoms with Gasteiger partial charge in [-0.25, -0.2) is 5.43 Å². The van der Waals surface area contributed by atoms with Gasteiger partial charge in [-0.15, -0.1) is 0 Å². The summed E-state index contributed by atoms with van der Waals surface area (Å²) in [6.07, 6.45) is 0.912. The van der Waals surface area contributed by atoms with Crippen molar-refractivity contribution < 1.29 is 4.79 Å². The van der Waals surface area contributed by atoms with Crippen LogP contribution in [0.3, 0.4) is 0 Å². The van der Waals surface area contributed by atoms with Gasteiger partial charge in [-0.1, -0.05) is 60.7 Å². The number of carbonyl (C=O) groups is 1. The lowest BCUT2D eigenvalue weighted by Gasteiger charge is -2.03. The smallest absolute Gasteiger partial charge is 0.243 e. The molecule has 1 fully saturated rings. The van der Waals surface area contributed by atoms with Crippen LogP contribution in [-0.2, 0) is 4.79 Å². The van der Waals surface area contributed by atoms with Crippen molar-refractivity contribution in [2.45, 2.75) is 19.3 Å². The molecule has 0 radical (unpaired) electrons. The van der Waals surface area contributed by atoms with E-state index >= 15 is 0 Å². The molecule has 21 heavy (non-hydrogen) atoms. The van der Waals surface area contributed by atoms with Crippen LogP contribution in [0.25, 0.3) is 0 Å². The average Bonchev–Trinajstić information content (AvgIpc) is 3.35. The summed E-state index contributed by atoms with van der Waals surface area (Å²) in [6, 6.07) is 20.0. The van der Waals surface area contributed by atoms with E-state index in [0.29, 0.717) is 5.92 Å². The zero-order valence-electron chi connectivity index (χ0n) is 12.0. The summed E-state index contributed by atoms with van der Waals surface area (Å²) in [7, 11) is 0. The summed E-state index contributed by atoms with van der Waals surface area (Å²) < 4.78 is 0. The van der Waals surface area contributed by atoms with Crippen LogP contribution in [0.4, 0.5) is 0 Å². The lowest BCUT2D eigenvalue weighted by Crippen LogP contribution is -2.21. The summed E-state index contributed by atoms with van der Waals surface area (Å²) in [5, 5.41) is 4.20. The zero-order chi connectivity index (χ0) is 14.7. The summed E-state index contributed by atoms with van der Waals surface area (Å²) in [5.74, 6) is 0.414. The maximum atomic E-state index is 12.1. The highest BCUT2D eigenvalue weighted by molar-refractivity contribution is 5.99. The van der Waals surface area contributed by atoms with Gasteiger partial charge in [0.25, 0.3) is 0 Å². The fraction of sp³-hybridized carbons (Fsp3) is 0.222. The SMILES string of the molecule is C/C(=N\NC(=O)C1CC1c1ccccc1)c1ccccc1. The highest BCUT2D eigenvalue weighted by Gasteiger charge is 2.43. The predicted octanol–water partition coefficient (Wildman–Crippen LogP) is 3.33. The third-order valence-corrected chi connectivity index (χ3v) is 3.88. The van der Waals surface area contributed by atoms with Crippen LogP contribution >= 0.6 is 0 Å². The lowest BCUT2D eigenvalue weighted by molar-refractivity contribution is -0.122. The summed E-state index contributed by atoms with van der Waals surface area (Å²) in [4.78, 5) is 12.1. The van der Waals surface area contributed by atoms with Gasteiger partial charge >= 0.3 is 0 Å². The molecule has 3 heteroatoms. The molecule has 0 spiro atoms. The molecule has 0 bridgehead atoms. The number of benzene rings is 2. The van der Waals surface area contributed by atoms with Gasteiger partial charge in [0.05, 0.1) is 5.71 Å². The van der Waals surface area contributed by atoms with Crippen LogP contribution in [0.1, 0.15) is 30.4 Å². The van der Waals surface area contributed by atoms with E-state index in [4.69, 9.17) is 0 Å². The van der Waals surface area contributed by atoms with Gasteiger partial charge in [0.2, 0.25) is 5.91 Å². The lowest BCUT2D eigenvalue weighted by atomic mass is 10.1. The number of hydrazone groups is 1. The van der Waals surface area contributed by atoms with Crippen LogP contribution in [-0.4, -0.2) is 11.6 Å². The number of rotatable bonds is 4. The summed E-state index contributed by atoms with van der Waals surface area (Å²) in [5.41, 5.74) is 5.77. The Bertz CT molecular complexity index is 649. The van der Waals surface area contributed by atoms with E-state index in [2.05, 4.69) is 22.7 Å². The zero-order valence-corrected chi connectivity index (χ0v) is 12.0. The van der Waals surface area contributed by atoms with Crippen molar-refractivity contribution in [3.63, 3.8) is 0 Å². The van der Waals surface area contributed by atoms with E-state index in [-0.39, 0.29) is 11.8 Å². The van der Waals surface area contributed by atoms with Crippen LogP contribution < -0.4 is 5.43 Å². The Hall–Kier alpha value is -2.42. The number of nitrogens with zero attached hydrogens (tertiary/aromatic N) is 1. The summed E-state index contributed by atoms with van der Waals surface area (Å²) >= 11 is 0. The molecule has 3 rings (SSSR count). The first-order chi connectivity index (χ1) is 10.3. The molecule has 1 amide bonds. The fourth-order valence-corrected chi connectivity index (χ4v) is 2.52. The van der Waals surface area contributed by atoms with E-state index in [9.17, 15) is 4.79 Å². The van der Waals surface area contributed by atoms with Gasteiger partial charge in [0.15, 0.2) is 0 Å². The molecule has 106 valence electrons. The molecule has 1 N–H and O–H groups in total. The summed E-state index contributed by atoms with van der Waals surface area (Å²) in [6.45, 7) is 1.90. The molecule has 3 nitrogen and oxygen atoms in total.